The Morgan fingerprint density at radius 1 is 1.15 bits per heavy atom. The quantitative estimate of drug-likeness (QED) is 0.487. The maximum absolute atomic E-state index is 12.1. The van der Waals surface area contributed by atoms with Crippen molar-refractivity contribution in [3.63, 3.8) is 0 Å². The first-order valence-corrected chi connectivity index (χ1v) is 7.88. The third-order valence-corrected chi connectivity index (χ3v) is 3.49. The Labute approximate surface area is 122 Å². The summed E-state index contributed by atoms with van der Waals surface area (Å²) >= 11 is 0. The second-order valence-corrected chi connectivity index (χ2v) is 4.94. The van der Waals surface area contributed by atoms with Crippen LogP contribution in [0.15, 0.2) is 0 Å². The van der Waals surface area contributed by atoms with Crippen molar-refractivity contribution < 1.29 is 9.53 Å². The average Bonchev–Trinajstić information content (AvgIpc) is 2.83. The van der Waals surface area contributed by atoms with Crippen LogP contribution in [0.5, 0.6) is 0 Å². The molecule has 0 saturated carbocycles. The van der Waals surface area contributed by atoms with Gasteiger partial charge in [0.05, 0.1) is 24.4 Å². The third-order valence-electron chi connectivity index (χ3n) is 3.49. The summed E-state index contributed by atoms with van der Waals surface area (Å²) in [6.45, 7) is 10.4. The number of carbonyl (C=O) groups excluding carboxylic acids is 1. The normalized spacial score (nSPS) is 11.0. The fourth-order valence-corrected chi connectivity index (χ4v) is 2.34. The molecule has 0 amide bonds. The van der Waals surface area contributed by atoms with E-state index in [1.54, 1.807) is 0 Å². The van der Waals surface area contributed by atoms with E-state index in [4.69, 9.17) is 4.74 Å². The lowest BCUT2D eigenvalue weighted by Gasteiger charge is -2.08. The Kier molecular flexibility index (Phi) is 7.52. The minimum Gasteiger partial charge on any atom is -0.380 e. The molecule has 114 valence electrons. The molecule has 20 heavy (non-hydrogen) atoms. The summed E-state index contributed by atoms with van der Waals surface area (Å²) in [5, 5.41) is 4.60. The highest BCUT2D eigenvalue weighted by Gasteiger charge is 2.20. The Morgan fingerprint density at radius 3 is 2.45 bits per heavy atom. The highest BCUT2D eigenvalue weighted by Crippen LogP contribution is 2.18. The Bertz CT molecular complexity index is 424. The van der Waals surface area contributed by atoms with Crippen LogP contribution in [0.4, 0.5) is 0 Å². The van der Waals surface area contributed by atoms with Crippen molar-refractivity contribution in [1.29, 1.82) is 0 Å². The fraction of sp³-hybridized carbons (Fsp3) is 0.750. The molecule has 4 heteroatoms. The second-order valence-electron chi connectivity index (χ2n) is 4.94. The van der Waals surface area contributed by atoms with E-state index < -0.39 is 0 Å². The molecule has 0 fully saturated rings. The number of aryl methyl sites for hydroxylation is 1. The molecule has 0 radical (unpaired) electrons. The van der Waals surface area contributed by atoms with Crippen molar-refractivity contribution in [2.24, 2.45) is 0 Å². The minimum absolute atomic E-state index is 0.205. The predicted octanol–water partition coefficient (Wildman–Crippen LogP) is 3.42. The molecular weight excluding hydrogens is 252 g/mol. The summed E-state index contributed by atoms with van der Waals surface area (Å²) in [5.74, 6) is 0.205. The molecule has 0 spiro atoms. The van der Waals surface area contributed by atoms with Gasteiger partial charge in [-0.1, -0.05) is 34.1 Å². The Hall–Kier alpha value is -1.16. The lowest BCUT2D eigenvalue weighted by atomic mass is 10.0. The van der Waals surface area contributed by atoms with Crippen LogP contribution >= 0.6 is 0 Å². The van der Waals surface area contributed by atoms with E-state index in [9.17, 15) is 4.79 Å². The first-order valence-electron chi connectivity index (χ1n) is 7.88. The summed E-state index contributed by atoms with van der Waals surface area (Å²) in [6, 6.07) is 0. The van der Waals surface area contributed by atoms with Gasteiger partial charge in [0.15, 0.2) is 5.78 Å². The van der Waals surface area contributed by atoms with E-state index in [1.165, 1.54) is 0 Å². The molecule has 0 aliphatic carbocycles. The summed E-state index contributed by atoms with van der Waals surface area (Å²) in [7, 11) is 0. The smallest absolute Gasteiger partial charge is 0.166 e. The van der Waals surface area contributed by atoms with E-state index in [-0.39, 0.29) is 5.78 Å². The van der Waals surface area contributed by atoms with Crippen LogP contribution in [-0.4, -0.2) is 28.8 Å². The molecule has 0 N–H and O–H groups in total. The highest BCUT2D eigenvalue weighted by molar-refractivity contribution is 5.98. The van der Waals surface area contributed by atoms with Gasteiger partial charge in [-0.2, -0.15) is 5.10 Å². The Morgan fingerprint density at radius 2 is 1.90 bits per heavy atom. The van der Waals surface area contributed by atoms with Gasteiger partial charge in [-0.05, 0) is 19.3 Å². The van der Waals surface area contributed by atoms with E-state index in [2.05, 4.69) is 25.9 Å². The number of rotatable bonds is 10. The van der Waals surface area contributed by atoms with Crippen molar-refractivity contribution in [1.82, 2.24) is 9.78 Å². The first-order chi connectivity index (χ1) is 9.69. The van der Waals surface area contributed by atoms with Crippen LogP contribution in [0.2, 0.25) is 0 Å². The third kappa shape index (κ3) is 4.17. The molecule has 1 aromatic rings. The van der Waals surface area contributed by atoms with Crippen molar-refractivity contribution in [2.45, 2.75) is 66.3 Å². The number of unbranched alkanes of at least 4 members (excludes halogenated alkanes) is 1. The van der Waals surface area contributed by atoms with Crippen LogP contribution < -0.4 is 0 Å². The molecule has 4 nitrogen and oxygen atoms in total. The number of Topliss-reactive ketones (excluding diaryl/α,β-unsaturated/α-hetero) is 1. The highest BCUT2D eigenvalue weighted by atomic mass is 16.5. The summed E-state index contributed by atoms with van der Waals surface area (Å²) in [4.78, 5) is 12.1. The zero-order chi connectivity index (χ0) is 15.0. The fourth-order valence-electron chi connectivity index (χ4n) is 2.34. The lowest BCUT2D eigenvalue weighted by molar-refractivity contribution is 0.0985. The predicted molar refractivity (Wildman–Crippen MR) is 81.3 cm³/mol. The summed E-state index contributed by atoms with van der Waals surface area (Å²) in [6.07, 6.45) is 4.43. The standard InChI is InChI=1S/C16H28N2O2/c1-5-9-11-20-12-10-18-14(7-3)16(15(19)8-4)13(6-2)17-18/h5-12H2,1-4H3. The van der Waals surface area contributed by atoms with Crippen LogP contribution in [-0.2, 0) is 24.1 Å². The van der Waals surface area contributed by atoms with Gasteiger partial charge in [0.1, 0.15) is 0 Å². The maximum Gasteiger partial charge on any atom is 0.166 e. The number of nitrogens with zero attached hydrogens (tertiary/aromatic N) is 2. The van der Waals surface area contributed by atoms with Gasteiger partial charge in [0.25, 0.3) is 0 Å². The van der Waals surface area contributed by atoms with Gasteiger partial charge in [-0.25, -0.2) is 0 Å². The van der Waals surface area contributed by atoms with Crippen molar-refractivity contribution in [3.8, 4) is 0 Å². The Balaban J connectivity index is 2.80. The van der Waals surface area contributed by atoms with Crippen LogP contribution in [0, 0.1) is 0 Å². The van der Waals surface area contributed by atoms with Crippen LogP contribution in [0.1, 0.15) is 68.7 Å². The topological polar surface area (TPSA) is 44.1 Å². The van der Waals surface area contributed by atoms with Crippen LogP contribution in [0.25, 0.3) is 0 Å². The lowest BCUT2D eigenvalue weighted by Crippen LogP contribution is -2.12. The minimum atomic E-state index is 0.205. The molecular formula is C16H28N2O2. The zero-order valence-corrected chi connectivity index (χ0v) is 13.4. The largest absolute Gasteiger partial charge is 0.380 e. The van der Waals surface area contributed by atoms with Crippen molar-refractivity contribution in [2.75, 3.05) is 13.2 Å². The maximum atomic E-state index is 12.1. The number of ether oxygens (including phenoxy) is 1. The number of hydrogen-bond donors (Lipinski definition) is 0. The number of aromatic nitrogens is 2. The van der Waals surface area contributed by atoms with E-state index in [0.29, 0.717) is 13.0 Å². The summed E-state index contributed by atoms with van der Waals surface area (Å²) < 4.78 is 7.57. The van der Waals surface area contributed by atoms with E-state index in [1.807, 2.05) is 11.6 Å². The average molecular weight is 280 g/mol. The van der Waals surface area contributed by atoms with Gasteiger partial charge < -0.3 is 4.74 Å². The molecule has 1 heterocycles. The monoisotopic (exact) mass is 280 g/mol. The van der Waals surface area contributed by atoms with Gasteiger partial charge in [-0.3, -0.25) is 9.48 Å². The molecule has 0 bridgehead atoms. The molecule has 0 saturated heterocycles. The first kappa shape index (κ1) is 16.9. The molecule has 1 rings (SSSR count). The van der Waals surface area contributed by atoms with Crippen LogP contribution in [0.3, 0.4) is 0 Å². The second kappa shape index (κ2) is 8.90. The van der Waals surface area contributed by atoms with E-state index >= 15 is 0 Å². The van der Waals surface area contributed by atoms with Gasteiger partial charge >= 0.3 is 0 Å². The molecule has 0 aromatic carbocycles. The summed E-state index contributed by atoms with van der Waals surface area (Å²) in [5.41, 5.74) is 2.85. The van der Waals surface area contributed by atoms with Gasteiger partial charge in [0.2, 0.25) is 0 Å². The zero-order valence-electron chi connectivity index (χ0n) is 13.4. The number of carbonyl (C=O) groups is 1. The molecule has 0 atom stereocenters. The number of hydrogen-bond acceptors (Lipinski definition) is 3. The van der Waals surface area contributed by atoms with Crippen molar-refractivity contribution >= 4 is 5.78 Å². The van der Waals surface area contributed by atoms with Crippen molar-refractivity contribution in [3.05, 3.63) is 17.0 Å². The number of ketones is 1. The molecule has 0 aliphatic rings. The molecule has 0 aliphatic heterocycles. The van der Waals surface area contributed by atoms with Gasteiger partial charge in [-0.15, -0.1) is 0 Å². The SMILES string of the molecule is CCCCOCCn1nc(CC)c(C(=O)CC)c1CC. The molecule has 0 unspecified atom stereocenters. The van der Waals surface area contributed by atoms with E-state index in [0.717, 1.165) is 55.8 Å². The molecule has 1 aromatic heterocycles. The van der Waals surface area contributed by atoms with Gasteiger partial charge in [0, 0.05) is 18.7 Å².